The zero-order chi connectivity index (χ0) is 20.2. The van der Waals surface area contributed by atoms with Crippen molar-refractivity contribution in [3.8, 4) is 5.75 Å². The minimum Gasteiger partial charge on any atom is -0.487 e. The molecule has 3 aromatic heterocycles. The first-order valence-electron chi connectivity index (χ1n) is 9.30. The molecule has 5 rings (SSSR count). The Hall–Kier alpha value is -3.84. The van der Waals surface area contributed by atoms with Crippen molar-refractivity contribution in [1.29, 1.82) is 0 Å². The number of thiazole rings is 1. The minimum absolute atomic E-state index is 0.400. The maximum absolute atomic E-state index is 5.93. The summed E-state index contributed by atoms with van der Waals surface area (Å²) in [6.07, 6.45) is 5.11. The highest BCUT2D eigenvalue weighted by atomic mass is 32.1. The second kappa shape index (κ2) is 8.26. The van der Waals surface area contributed by atoms with Gasteiger partial charge >= 0.3 is 0 Å². The molecule has 0 N–H and O–H groups in total. The second-order valence-corrected chi connectivity index (χ2v) is 7.43. The first-order chi connectivity index (χ1) is 14.8. The van der Waals surface area contributed by atoms with E-state index in [0.29, 0.717) is 12.5 Å². The van der Waals surface area contributed by atoms with Gasteiger partial charge in [-0.2, -0.15) is 0 Å². The van der Waals surface area contributed by atoms with Crippen molar-refractivity contribution in [2.24, 2.45) is 0 Å². The summed E-state index contributed by atoms with van der Waals surface area (Å²) < 4.78 is 11.4. The molecule has 0 bridgehead atoms. The molecule has 0 atom stereocenters. The van der Waals surface area contributed by atoms with Crippen molar-refractivity contribution < 1.29 is 9.15 Å². The van der Waals surface area contributed by atoms with Gasteiger partial charge in [-0.25, -0.2) is 4.98 Å². The number of pyridine rings is 1. The van der Waals surface area contributed by atoms with Crippen LogP contribution in [-0.2, 0) is 6.61 Å². The van der Waals surface area contributed by atoms with Gasteiger partial charge in [0.1, 0.15) is 12.4 Å². The molecule has 0 saturated carbocycles. The topological polar surface area (TPSA) is 73.9 Å². The van der Waals surface area contributed by atoms with E-state index in [1.165, 1.54) is 6.39 Å². The summed E-state index contributed by atoms with van der Waals surface area (Å²) in [6, 6.07) is 19.9. The molecule has 30 heavy (non-hydrogen) atoms. The zero-order valence-corrected chi connectivity index (χ0v) is 16.6. The summed E-state index contributed by atoms with van der Waals surface area (Å²) in [7, 11) is 0. The number of fused-ring (bicyclic) bond motifs is 1. The molecule has 5 aromatic rings. The fourth-order valence-corrected chi connectivity index (χ4v) is 3.63. The molecule has 3 heterocycles. The van der Waals surface area contributed by atoms with Gasteiger partial charge in [0, 0.05) is 22.0 Å². The van der Waals surface area contributed by atoms with Crippen molar-refractivity contribution in [2.45, 2.75) is 6.61 Å². The van der Waals surface area contributed by atoms with Gasteiger partial charge in [-0.1, -0.05) is 36.4 Å². The van der Waals surface area contributed by atoms with E-state index in [1.807, 2.05) is 60.7 Å². The predicted octanol–water partition coefficient (Wildman–Crippen LogP) is 5.24. The van der Waals surface area contributed by atoms with Crippen molar-refractivity contribution in [3.63, 3.8) is 0 Å². The lowest BCUT2D eigenvalue weighted by atomic mass is 10.1. The highest BCUT2D eigenvalue weighted by Gasteiger charge is 2.12. The van der Waals surface area contributed by atoms with Crippen LogP contribution in [0.25, 0.3) is 22.6 Å². The minimum atomic E-state index is 0.400. The van der Waals surface area contributed by atoms with Gasteiger partial charge < -0.3 is 9.15 Å². The molecular weight excluding hydrogens is 396 g/mol. The Bertz CT molecular complexity index is 1280. The quantitative estimate of drug-likeness (QED) is 0.380. The summed E-state index contributed by atoms with van der Waals surface area (Å²) in [5.74, 6) is 1.22. The molecule has 7 heteroatoms. The average Bonchev–Trinajstić information content (AvgIpc) is 3.51. The molecule has 0 aliphatic heterocycles. The molecule has 0 radical (unpaired) electrons. The molecule has 146 valence electrons. The highest BCUT2D eigenvalue weighted by molar-refractivity contribution is 7.10. The van der Waals surface area contributed by atoms with Crippen LogP contribution in [0, 0.1) is 0 Å². The van der Waals surface area contributed by atoms with Crippen LogP contribution in [0.5, 0.6) is 5.75 Å². The lowest BCUT2D eigenvalue weighted by Gasteiger charge is -2.08. The van der Waals surface area contributed by atoms with Crippen molar-refractivity contribution in [2.75, 3.05) is 0 Å². The lowest BCUT2D eigenvalue weighted by molar-refractivity contribution is 0.302. The number of rotatable bonds is 6. The monoisotopic (exact) mass is 412 g/mol. The maximum Gasteiger partial charge on any atom is 0.248 e. The van der Waals surface area contributed by atoms with Gasteiger partial charge in [-0.15, -0.1) is 21.5 Å². The summed E-state index contributed by atoms with van der Waals surface area (Å²) in [5.41, 5.74) is 5.42. The first-order valence-corrected chi connectivity index (χ1v) is 10.2. The number of nitrogens with zero attached hydrogens (tertiary/aromatic N) is 4. The Morgan fingerprint density at radius 2 is 1.93 bits per heavy atom. The normalized spacial score (nSPS) is 11.7. The van der Waals surface area contributed by atoms with E-state index in [2.05, 4.69) is 26.2 Å². The van der Waals surface area contributed by atoms with Gasteiger partial charge in [0.05, 0.1) is 16.7 Å². The molecule has 0 aliphatic rings. The van der Waals surface area contributed by atoms with Crippen LogP contribution in [0.2, 0.25) is 0 Å². The van der Waals surface area contributed by atoms with Crippen molar-refractivity contribution in [3.05, 3.63) is 101 Å². The largest absolute Gasteiger partial charge is 0.487 e. The molecule has 0 unspecified atom stereocenters. The molecule has 0 saturated heterocycles. The van der Waals surface area contributed by atoms with Crippen molar-refractivity contribution in [1.82, 2.24) is 20.2 Å². The molecule has 0 fully saturated rings. The number of para-hydroxylation sites is 1. The zero-order valence-electron chi connectivity index (χ0n) is 15.8. The number of hydrogen-bond acceptors (Lipinski definition) is 7. The SMILES string of the molecule is C(=C(/c1ccc(OCc2ccc3ccccc3n2)cc1)c1nnco1)/c1cncs1. The van der Waals surface area contributed by atoms with Crippen LogP contribution in [0.3, 0.4) is 0 Å². The molecule has 0 aliphatic carbocycles. The van der Waals surface area contributed by atoms with E-state index < -0.39 is 0 Å². The number of ether oxygens (including phenoxy) is 1. The standard InChI is InChI=1S/C23H16N4O2S/c1-2-4-22-17(3-1)5-8-18(26-22)13-28-19-9-6-16(7-10-19)21(23-27-25-14-29-23)11-20-12-24-15-30-20/h1-12,14-15H,13H2/b21-11+. The Kier molecular flexibility index (Phi) is 5.01. The highest BCUT2D eigenvalue weighted by Crippen LogP contribution is 2.27. The van der Waals surface area contributed by atoms with E-state index >= 15 is 0 Å². The summed E-state index contributed by atoms with van der Waals surface area (Å²) in [5, 5.41) is 8.97. The predicted molar refractivity (Wildman–Crippen MR) is 116 cm³/mol. The van der Waals surface area contributed by atoms with E-state index in [0.717, 1.165) is 38.4 Å². The fourth-order valence-electron chi connectivity index (χ4n) is 3.07. The molecule has 6 nitrogen and oxygen atoms in total. The Balaban J connectivity index is 1.35. The van der Waals surface area contributed by atoms with E-state index in [9.17, 15) is 0 Å². The maximum atomic E-state index is 5.93. The molecule has 2 aromatic carbocycles. The molecule has 0 amide bonds. The van der Waals surface area contributed by atoms with Crippen molar-refractivity contribution >= 4 is 33.9 Å². The summed E-state index contributed by atoms with van der Waals surface area (Å²) in [4.78, 5) is 9.77. The Morgan fingerprint density at radius 1 is 1.03 bits per heavy atom. The Morgan fingerprint density at radius 3 is 2.73 bits per heavy atom. The van der Waals surface area contributed by atoms with Gasteiger partial charge in [-0.3, -0.25) is 4.98 Å². The summed E-state index contributed by atoms with van der Waals surface area (Å²) >= 11 is 1.54. The van der Waals surface area contributed by atoms with Crippen LogP contribution in [-0.4, -0.2) is 20.2 Å². The van der Waals surface area contributed by atoms with Crippen LogP contribution >= 0.6 is 11.3 Å². The van der Waals surface area contributed by atoms with Crippen LogP contribution < -0.4 is 4.74 Å². The summed E-state index contributed by atoms with van der Waals surface area (Å²) in [6.45, 7) is 0.400. The Labute approximate surface area is 176 Å². The van der Waals surface area contributed by atoms with Gasteiger partial charge in [-0.05, 0) is 35.9 Å². The third kappa shape index (κ3) is 3.97. The van der Waals surface area contributed by atoms with Crippen LogP contribution in [0.4, 0.5) is 0 Å². The molecular formula is C23H16N4O2S. The third-order valence-corrected chi connectivity index (χ3v) is 5.26. The van der Waals surface area contributed by atoms with Crippen LogP contribution in [0.15, 0.2) is 83.2 Å². The fraction of sp³-hybridized carbons (Fsp3) is 0.0435. The van der Waals surface area contributed by atoms with Crippen LogP contribution in [0.1, 0.15) is 22.0 Å². The average molecular weight is 412 g/mol. The second-order valence-electron chi connectivity index (χ2n) is 6.51. The van der Waals surface area contributed by atoms with E-state index in [4.69, 9.17) is 9.15 Å². The van der Waals surface area contributed by atoms with Gasteiger partial charge in [0.25, 0.3) is 0 Å². The number of benzene rings is 2. The smallest absolute Gasteiger partial charge is 0.248 e. The lowest BCUT2D eigenvalue weighted by Crippen LogP contribution is -1.98. The molecule has 0 spiro atoms. The van der Waals surface area contributed by atoms with E-state index in [-0.39, 0.29) is 0 Å². The number of aromatic nitrogens is 4. The van der Waals surface area contributed by atoms with Gasteiger partial charge in [0.15, 0.2) is 0 Å². The first kappa shape index (κ1) is 18.2. The van der Waals surface area contributed by atoms with E-state index in [1.54, 1.807) is 23.0 Å². The van der Waals surface area contributed by atoms with Gasteiger partial charge in [0.2, 0.25) is 12.3 Å². The number of hydrogen-bond donors (Lipinski definition) is 0. The third-order valence-electron chi connectivity index (χ3n) is 4.54.